The number of nitrogen functional groups attached to an aromatic ring is 1. The monoisotopic (exact) mass is 741 g/mol. The Hall–Kier alpha value is -4.71. The number of nitrogens with two attached hydrogens (primary N) is 1. The zero-order valence-electron chi connectivity index (χ0n) is 28.5. The first kappa shape index (κ1) is 37.1. The number of unbranched alkanes of at least 4 members (excludes halogenated alkanes) is 1. The predicted octanol–water partition coefficient (Wildman–Crippen LogP) is 7.99. The quantitative estimate of drug-likeness (QED) is 0.0668. The number of imidazole rings is 1. The lowest BCUT2D eigenvalue weighted by molar-refractivity contribution is -0.252. The molecule has 0 spiro atoms. The molecular formula is C40H41Cl2N5O5. The topological polar surface area (TPSA) is 141 Å². The minimum atomic E-state index is -0.663. The van der Waals surface area contributed by atoms with Crippen molar-refractivity contribution in [3.05, 3.63) is 136 Å². The Morgan fingerprint density at radius 3 is 2.31 bits per heavy atom. The number of rotatable bonds is 14. The summed E-state index contributed by atoms with van der Waals surface area (Å²) in [5.41, 5.74) is 12.6. The van der Waals surface area contributed by atoms with Crippen molar-refractivity contribution in [1.29, 1.82) is 0 Å². The van der Waals surface area contributed by atoms with Gasteiger partial charge in [0, 0.05) is 31.4 Å². The second-order valence-corrected chi connectivity index (χ2v) is 13.5. The first-order valence-electron chi connectivity index (χ1n) is 17.2. The van der Waals surface area contributed by atoms with Crippen molar-refractivity contribution in [3.8, 4) is 11.1 Å². The third kappa shape index (κ3) is 9.78. The molecular weight excluding hydrogens is 701 g/mol. The number of carbonyl (C=O) groups excluding carboxylic acids is 2. The fraction of sp³-hybridized carbons (Fsp3) is 0.275. The normalized spacial score (nSPS) is 17.1. The number of nitrogens with one attached hydrogen (secondary N) is 2. The number of nitrogens with zero attached hydrogens (tertiary/aromatic N) is 2. The summed E-state index contributed by atoms with van der Waals surface area (Å²) in [4.78, 5) is 29.0. The SMILES string of the molecule is Nc1ccccc1NC(=O)CCCCC(=O)NCc1cccc(-c2cccc(C3OC(Cn4cnc(Cl)c4Cl)CC(c4ccc(CO)cc4)O3)c2)c1. The van der Waals surface area contributed by atoms with E-state index in [2.05, 4.69) is 27.8 Å². The van der Waals surface area contributed by atoms with Crippen LogP contribution in [0.25, 0.3) is 11.1 Å². The van der Waals surface area contributed by atoms with Gasteiger partial charge >= 0.3 is 0 Å². The van der Waals surface area contributed by atoms with Crippen molar-refractivity contribution in [2.24, 2.45) is 0 Å². The second-order valence-electron chi connectivity index (χ2n) is 12.8. The smallest absolute Gasteiger partial charge is 0.224 e. The molecule has 1 saturated heterocycles. The molecule has 5 aromatic rings. The first-order chi connectivity index (χ1) is 25.2. The summed E-state index contributed by atoms with van der Waals surface area (Å²) >= 11 is 12.5. The van der Waals surface area contributed by atoms with E-state index in [1.807, 2.05) is 72.8 Å². The number of anilines is 2. The first-order valence-corrected chi connectivity index (χ1v) is 18.0. The highest BCUT2D eigenvalue weighted by atomic mass is 35.5. The van der Waals surface area contributed by atoms with E-state index in [4.69, 9.17) is 38.4 Å². The molecule has 12 heteroatoms. The van der Waals surface area contributed by atoms with Crippen LogP contribution in [-0.2, 0) is 38.8 Å². The average molecular weight is 743 g/mol. The maximum Gasteiger partial charge on any atom is 0.224 e. The zero-order valence-corrected chi connectivity index (χ0v) is 30.0. The van der Waals surface area contributed by atoms with Crippen molar-refractivity contribution in [2.45, 2.75) is 70.3 Å². The van der Waals surface area contributed by atoms with Gasteiger partial charge < -0.3 is 35.5 Å². The van der Waals surface area contributed by atoms with Gasteiger partial charge in [-0.15, -0.1) is 0 Å². The zero-order chi connectivity index (χ0) is 36.5. The van der Waals surface area contributed by atoms with Gasteiger partial charge in [0.1, 0.15) is 5.15 Å². The highest BCUT2D eigenvalue weighted by Gasteiger charge is 2.33. The molecule has 1 fully saturated rings. The van der Waals surface area contributed by atoms with E-state index in [1.54, 1.807) is 23.0 Å². The molecule has 10 nitrogen and oxygen atoms in total. The largest absolute Gasteiger partial charge is 0.397 e. The van der Waals surface area contributed by atoms with Crippen molar-refractivity contribution >= 4 is 46.4 Å². The van der Waals surface area contributed by atoms with E-state index in [-0.39, 0.29) is 35.8 Å². The van der Waals surface area contributed by atoms with Crippen molar-refractivity contribution in [2.75, 3.05) is 11.1 Å². The number of hydrogen-bond donors (Lipinski definition) is 4. The molecule has 0 aliphatic carbocycles. The van der Waals surface area contributed by atoms with Gasteiger partial charge in [-0.3, -0.25) is 9.59 Å². The lowest BCUT2D eigenvalue weighted by atomic mass is 9.98. The van der Waals surface area contributed by atoms with Gasteiger partial charge in [-0.05, 0) is 64.9 Å². The third-order valence-corrected chi connectivity index (χ3v) is 9.72. The van der Waals surface area contributed by atoms with E-state index < -0.39 is 6.29 Å². The van der Waals surface area contributed by atoms with E-state index in [9.17, 15) is 14.7 Å². The van der Waals surface area contributed by atoms with Crippen LogP contribution in [0.4, 0.5) is 11.4 Å². The number of carbonyl (C=O) groups is 2. The summed E-state index contributed by atoms with van der Waals surface area (Å²) in [7, 11) is 0. The van der Waals surface area contributed by atoms with Crippen LogP contribution in [0.1, 0.15) is 66.8 Å². The minimum Gasteiger partial charge on any atom is -0.397 e. The number of aliphatic hydroxyl groups is 1. The molecule has 0 radical (unpaired) electrons. The summed E-state index contributed by atoms with van der Waals surface area (Å²) in [5, 5.41) is 15.9. The van der Waals surface area contributed by atoms with E-state index >= 15 is 0 Å². The Morgan fingerprint density at radius 1 is 0.846 bits per heavy atom. The van der Waals surface area contributed by atoms with E-state index in [0.29, 0.717) is 61.7 Å². The van der Waals surface area contributed by atoms with Crippen LogP contribution in [-0.4, -0.2) is 32.6 Å². The van der Waals surface area contributed by atoms with Gasteiger partial charge in [0.25, 0.3) is 0 Å². The number of amides is 2. The Morgan fingerprint density at radius 2 is 1.58 bits per heavy atom. The summed E-state index contributed by atoms with van der Waals surface area (Å²) < 4.78 is 14.8. The summed E-state index contributed by atoms with van der Waals surface area (Å²) in [6.07, 6.45) is 2.82. The van der Waals surface area contributed by atoms with Gasteiger partial charge in [-0.25, -0.2) is 4.98 Å². The fourth-order valence-electron chi connectivity index (χ4n) is 6.13. The number of para-hydroxylation sites is 2. The molecule has 3 atom stereocenters. The van der Waals surface area contributed by atoms with Crippen LogP contribution in [0.5, 0.6) is 0 Å². The maximum absolute atomic E-state index is 12.6. The lowest BCUT2D eigenvalue weighted by Crippen LogP contribution is -2.32. The van der Waals surface area contributed by atoms with Crippen molar-refractivity contribution in [3.63, 3.8) is 0 Å². The fourth-order valence-corrected chi connectivity index (χ4v) is 6.45. The number of ether oxygens (including phenoxy) is 2. The molecule has 3 unspecified atom stereocenters. The molecule has 2 amide bonds. The maximum atomic E-state index is 12.6. The molecule has 1 aliphatic rings. The number of halogens is 2. The Bertz CT molecular complexity index is 1990. The molecule has 52 heavy (non-hydrogen) atoms. The Labute approximate surface area is 312 Å². The molecule has 0 saturated carbocycles. The highest BCUT2D eigenvalue weighted by Crippen LogP contribution is 2.39. The average Bonchev–Trinajstić information content (AvgIpc) is 3.48. The second kappa shape index (κ2) is 17.7. The predicted molar refractivity (Wildman–Crippen MR) is 202 cm³/mol. The summed E-state index contributed by atoms with van der Waals surface area (Å²) in [5.74, 6) is -0.195. The van der Waals surface area contributed by atoms with Crippen LogP contribution in [0.2, 0.25) is 10.3 Å². The minimum absolute atomic E-state index is 0.0333. The molecule has 1 aromatic heterocycles. The Kier molecular flexibility index (Phi) is 12.6. The number of benzene rings is 4. The molecule has 6 rings (SSSR count). The molecule has 2 heterocycles. The van der Waals surface area contributed by atoms with Gasteiger partial charge in [0.05, 0.1) is 43.1 Å². The number of aliphatic hydroxyl groups excluding tert-OH is 1. The number of aromatic nitrogens is 2. The molecule has 270 valence electrons. The van der Waals surface area contributed by atoms with Crippen LogP contribution in [0, 0.1) is 0 Å². The van der Waals surface area contributed by atoms with Gasteiger partial charge in [0.2, 0.25) is 11.8 Å². The molecule has 1 aliphatic heterocycles. The van der Waals surface area contributed by atoms with Gasteiger partial charge in [-0.2, -0.15) is 0 Å². The van der Waals surface area contributed by atoms with Gasteiger partial charge in [-0.1, -0.05) is 96.0 Å². The summed E-state index contributed by atoms with van der Waals surface area (Å²) in [6, 6.07) is 30.9. The Balaban J connectivity index is 1.06. The van der Waals surface area contributed by atoms with Crippen LogP contribution >= 0.6 is 23.2 Å². The lowest BCUT2D eigenvalue weighted by Gasteiger charge is -2.36. The molecule has 0 bridgehead atoms. The third-order valence-electron chi connectivity index (χ3n) is 8.95. The standard InChI is InChI=1S/C40H41Cl2N5O5/c41-38-39(42)47(25-45-38)23-32-21-35(28-17-15-26(24-48)16-18-28)52-40(51-32)31-10-6-9-30(20-31)29-8-5-7-27(19-29)22-44-36(49)13-3-4-14-37(50)46-34-12-2-1-11-33(34)43/h1-2,5-12,15-20,25,32,35,40,48H,3-4,13-14,21-24,43H2,(H,44,49)(H,46,50). The van der Waals surface area contributed by atoms with Crippen molar-refractivity contribution in [1.82, 2.24) is 14.9 Å². The van der Waals surface area contributed by atoms with Crippen LogP contribution < -0.4 is 16.4 Å². The van der Waals surface area contributed by atoms with E-state index in [1.165, 1.54) is 0 Å². The highest BCUT2D eigenvalue weighted by molar-refractivity contribution is 6.40. The van der Waals surface area contributed by atoms with Crippen LogP contribution in [0.3, 0.4) is 0 Å². The number of hydrogen-bond acceptors (Lipinski definition) is 7. The molecule has 4 aromatic carbocycles. The van der Waals surface area contributed by atoms with Crippen LogP contribution in [0.15, 0.2) is 103 Å². The van der Waals surface area contributed by atoms with E-state index in [0.717, 1.165) is 33.4 Å². The molecule has 5 N–H and O–H groups in total. The van der Waals surface area contributed by atoms with Gasteiger partial charge in [0.15, 0.2) is 11.4 Å². The summed E-state index contributed by atoms with van der Waals surface area (Å²) in [6.45, 7) is 0.791. The van der Waals surface area contributed by atoms with Crippen molar-refractivity contribution < 1.29 is 24.2 Å².